The molecular formula is C18H16N6O. The van der Waals surface area contributed by atoms with E-state index in [1.54, 1.807) is 0 Å². The van der Waals surface area contributed by atoms with Crippen LogP contribution in [0.15, 0.2) is 42.6 Å². The van der Waals surface area contributed by atoms with Gasteiger partial charge in [0.25, 0.3) is 5.91 Å². The summed E-state index contributed by atoms with van der Waals surface area (Å²) in [5.74, 6) is 1.18. The molecule has 1 aromatic carbocycles. The van der Waals surface area contributed by atoms with Crippen molar-refractivity contribution in [3.05, 3.63) is 54.1 Å². The summed E-state index contributed by atoms with van der Waals surface area (Å²) in [7, 11) is 0. The molecule has 0 atom stereocenters. The second kappa shape index (κ2) is 5.41. The average Bonchev–Trinajstić information content (AvgIpc) is 3.19. The van der Waals surface area contributed by atoms with Crippen molar-refractivity contribution in [2.45, 2.75) is 25.2 Å². The Labute approximate surface area is 143 Å². The number of nitrogens with one attached hydrogen (secondary N) is 2. The van der Waals surface area contributed by atoms with Crippen molar-refractivity contribution >= 4 is 28.1 Å². The van der Waals surface area contributed by atoms with Gasteiger partial charge in [0.05, 0.1) is 11.2 Å². The summed E-state index contributed by atoms with van der Waals surface area (Å²) in [5, 5.41) is 19.4. The van der Waals surface area contributed by atoms with Crippen LogP contribution in [0.2, 0.25) is 0 Å². The Morgan fingerprint density at radius 3 is 2.88 bits per heavy atom. The molecule has 0 radical (unpaired) electrons. The maximum atomic E-state index is 12.7. The maximum Gasteiger partial charge on any atom is 0.276 e. The van der Waals surface area contributed by atoms with Crippen molar-refractivity contribution in [1.29, 1.82) is 0 Å². The first-order valence-electron chi connectivity index (χ1n) is 8.39. The van der Waals surface area contributed by atoms with E-state index in [0.29, 0.717) is 22.9 Å². The number of para-hydroxylation sites is 1. The SMILES string of the molecule is O=C(Nc1cccn2c(C3CCC3)nnc12)c1n[nH]c2ccccc12. The number of amides is 1. The summed E-state index contributed by atoms with van der Waals surface area (Å²) >= 11 is 0. The van der Waals surface area contributed by atoms with E-state index in [9.17, 15) is 4.79 Å². The quantitative estimate of drug-likeness (QED) is 0.603. The highest BCUT2D eigenvalue weighted by atomic mass is 16.2. The van der Waals surface area contributed by atoms with Gasteiger partial charge in [-0.25, -0.2) is 0 Å². The molecule has 1 fully saturated rings. The van der Waals surface area contributed by atoms with E-state index in [0.717, 1.165) is 29.6 Å². The van der Waals surface area contributed by atoms with Gasteiger partial charge in [-0.15, -0.1) is 10.2 Å². The number of H-pyrrole nitrogens is 1. The predicted molar refractivity (Wildman–Crippen MR) is 93.6 cm³/mol. The number of benzene rings is 1. The number of anilines is 1. The molecule has 0 spiro atoms. The minimum Gasteiger partial charge on any atom is -0.317 e. The summed E-state index contributed by atoms with van der Waals surface area (Å²) in [6.45, 7) is 0. The Morgan fingerprint density at radius 2 is 2.04 bits per heavy atom. The predicted octanol–water partition coefficient (Wildman–Crippen LogP) is 3.13. The van der Waals surface area contributed by atoms with Gasteiger partial charge in [-0.1, -0.05) is 24.6 Å². The fraction of sp³-hybridized carbons (Fsp3) is 0.222. The van der Waals surface area contributed by atoms with Crippen molar-refractivity contribution in [3.63, 3.8) is 0 Å². The lowest BCUT2D eigenvalue weighted by Gasteiger charge is -2.23. The number of pyridine rings is 1. The molecule has 1 aliphatic carbocycles. The number of hydrogen-bond acceptors (Lipinski definition) is 4. The van der Waals surface area contributed by atoms with Crippen LogP contribution in [0.5, 0.6) is 0 Å². The van der Waals surface area contributed by atoms with Crippen molar-refractivity contribution in [2.75, 3.05) is 5.32 Å². The third-order valence-electron chi connectivity index (χ3n) is 4.87. The summed E-state index contributed by atoms with van der Waals surface area (Å²) < 4.78 is 1.97. The van der Waals surface area contributed by atoms with Crippen molar-refractivity contribution in [1.82, 2.24) is 24.8 Å². The largest absolute Gasteiger partial charge is 0.317 e. The summed E-state index contributed by atoms with van der Waals surface area (Å²) in [4.78, 5) is 12.7. The molecule has 4 aromatic rings. The summed E-state index contributed by atoms with van der Waals surface area (Å²) in [6.07, 6.45) is 5.48. The molecule has 0 saturated heterocycles. The van der Waals surface area contributed by atoms with E-state index in [4.69, 9.17) is 0 Å². The lowest BCUT2D eigenvalue weighted by molar-refractivity contribution is 0.102. The second-order valence-electron chi connectivity index (χ2n) is 6.37. The first-order chi connectivity index (χ1) is 12.3. The van der Waals surface area contributed by atoms with Crippen LogP contribution in [-0.2, 0) is 0 Å². The van der Waals surface area contributed by atoms with Crippen molar-refractivity contribution < 1.29 is 4.79 Å². The third-order valence-corrected chi connectivity index (χ3v) is 4.87. The molecule has 3 heterocycles. The third kappa shape index (κ3) is 2.20. The number of fused-ring (bicyclic) bond motifs is 2. The number of carbonyl (C=O) groups excluding carboxylic acids is 1. The maximum absolute atomic E-state index is 12.7. The van der Waals surface area contributed by atoms with Crippen molar-refractivity contribution in [2.24, 2.45) is 0 Å². The molecule has 0 bridgehead atoms. The monoisotopic (exact) mass is 332 g/mol. The van der Waals surface area contributed by atoms with E-state index in [2.05, 4.69) is 25.7 Å². The molecule has 0 unspecified atom stereocenters. The Hall–Kier alpha value is -3.22. The molecule has 7 nitrogen and oxygen atoms in total. The van der Waals surface area contributed by atoms with Gasteiger partial charge < -0.3 is 5.32 Å². The molecular weight excluding hydrogens is 316 g/mol. The Bertz CT molecular complexity index is 1090. The number of rotatable bonds is 3. The van der Waals surface area contributed by atoms with Crippen LogP contribution in [-0.4, -0.2) is 30.7 Å². The Morgan fingerprint density at radius 1 is 1.16 bits per heavy atom. The van der Waals surface area contributed by atoms with Crippen LogP contribution in [0, 0.1) is 0 Å². The molecule has 1 amide bonds. The summed E-state index contributed by atoms with van der Waals surface area (Å²) in [5.41, 5.74) is 2.51. The average molecular weight is 332 g/mol. The summed E-state index contributed by atoms with van der Waals surface area (Å²) in [6, 6.07) is 11.3. The van der Waals surface area contributed by atoms with Gasteiger partial charge in [-0.3, -0.25) is 14.3 Å². The van der Waals surface area contributed by atoms with Gasteiger partial charge in [0.1, 0.15) is 5.82 Å². The zero-order valence-corrected chi connectivity index (χ0v) is 13.4. The van der Waals surface area contributed by atoms with E-state index in [-0.39, 0.29) is 5.91 Å². The van der Waals surface area contributed by atoms with Gasteiger partial charge in [-0.2, -0.15) is 5.10 Å². The van der Waals surface area contributed by atoms with Crippen LogP contribution in [0.4, 0.5) is 5.69 Å². The lowest BCUT2D eigenvalue weighted by atomic mass is 9.85. The van der Waals surface area contributed by atoms with Crippen LogP contribution in [0.3, 0.4) is 0 Å². The number of aromatic amines is 1. The van der Waals surface area contributed by atoms with Crippen LogP contribution in [0.25, 0.3) is 16.6 Å². The smallest absolute Gasteiger partial charge is 0.276 e. The Kier molecular flexibility index (Phi) is 3.06. The fourth-order valence-corrected chi connectivity index (χ4v) is 3.29. The van der Waals surface area contributed by atoms with Crippen LogP contribution < -0.4 is 5.32 Å². The van der Waals surface area contributed by atoms with Gasteiger partial charge in [-0.05, 0) is 31.0 Å². The van der Waals surface area contributed by atoms with Gasteiger partial charge in [0, 0.05) is 17.5 Å². The van der Waals surface area contributed by atoms with Gasteiger partial charge in [0.15, 0.2) is 11.3 Å². The van der Waals surface area contributed by atoms with Gasteiger partial charge >= 0.3 is 0 Å². The van der Waals surface area contributed by atoms with E-state index in [1.165, 1.54) is 6.42 Å². The standard InChI is InChI=1S/C18H16N6O/c25-18(15-12-7-1-2-8-13(12)20-21-15)19-14-9-4-10-24-16(11-5-3-6-11)22-23-17(14)24/h1-2,4,7-11H,3,5-6H2,(H,19,25)(H,20,21). The van der Waals surface area contributed by atoms with E-state index < -0.39 is 0 Å². The van der Waals surface area contributed by atoms with Crippen LogP contribution in [0.1, 0.15) is 41.5 Å². The minimum absolute atomic E-state index is 0.265. The second-order valence-corrected chi connectivity index (χ2v) is 6.37. The molecule has 5 rings (SSSR count). The Balaban J connectivity index is 1.51. The first kappa shape index (κ1) is 14.2. The lowest BCUT2D eigenvalue weighted by Crippen LogP contribution is -2.15. The molecule has 1 saturated carbocycles. The van der Waals surface area contributed by atoms with Gasteiger partial charge in [0.2, 0.25) is 0 Å². The number of carbonyl (C=O) groups is 1. The number of aromatic nitrogens is 5. The highest BCUT2D eigenvalue weighted by Gasteiger charge is 2.25. The molecule has 25 heavy (non-hydrogen) atoms. The first-order valence-corrected chi connectivity index (χ1v) is 8.39. The zero-order valence-electron chi connectivity index (χ0n) is 13.4. The molecule has 2 N–H and O–H groups in total. The normalized spacial score (nSPS) is 14.7. The molecule has 124 valence electrons. The highest BCUT2D eigenvalue weighted by Crippen LogP contribution is 2.35. The van der Waals surface area contributed by atoms with E-state index in [1.807, 2.05) is 47.0 Å². The molecule has 3 aromatic heterocycles. The fourth-order valence-electron chi connectivity index (χ4n) is 3.29. The topological polar surface area (TPSA) is 88.0 Å². The van der Waals surface area contributed by atoms with E-state index >= 15 is 0 Å². The molecule has 0 aliphatic heterocycles. The van der Waals surface area contributed by atoms with Crippen molar-refractivity contribution in [3.8, 4) is 0 Å². The molecule has 7 heteroatoms. The minimum atomic E-state index is -0.265. The zero-order chi connectivity index (χ0) is 16.8. The van der Waals surface area contributed by atoms with Crippen LogP contribution >= 0.6 is 0 Å². The highest BCUT2D eigenvalue weighted by molar-refractivity contribution is 6.12. The number of hydrogen-bond donors (Lipinski definition) is 2. The number of nitrogens with zero attached hydrogens (tertiary/aromatic N) is 4. The molecule has 1 aliphatic rings.